The molecule has 6 heteroatoms. The minimum atomic E-state index is -0.327. The second-order valence-electron chi connectivity index (χ2n) is 5.74. The van der Waals surface area contributed by atoms with Gasteiger partial charge in [0.1, 0.15) is 5.60 Å². The third kappa shape index (κ3) is 4.69. The minimum absolute atomic E-state index is 0.0308. The number of hydrogen-bond donors (Lipinski definition) is 1. The smallest absolute Gasteiger partial charge is 0.317 e. The molecule has 1 N–H and O–H groups in total. The van der Waals surface area contributed by atoms with Crippen molar-refractivity contribution in [2.75, 3.05) is 46.1 Å². The lowest BCUT2D eigenvalue weighted by atomic mass is 9.93. The first-order valence-electron chi connectivity index (χ1n) is 7.62. The molecule has 0 aromatic heterocycles. The van der Waals surface area contributed by atoms with E-state index in [0.717, 1.165) is 19.4 Å². The van der Waals surface area contributed by atoms with E-state index < -0.39 is 0 Å². The van der Waals surface area contributed by atoms with E-state index in [1.807, 2.05) is 11.8 Å². The third-order valence-electron chi connectivity index (χ3n) is 3.74. The molecule has 2 atom stereocenters. The molecule has 0 bridgehead atoms. The fraction of sp³-hybridized carbons (Fsp3) is 0.800. The maximum atomic E-state index is 12.2. The van der Waals surface area contributed by atoms with Crippen molar-refractivity contribution >= 4 is 6.03 Å². The maximum Gasteiger partial charge on any atom is 0.317 e. The monoisotopic (exact) mass is 298 g/mol. The van der Waals surface area contributed by atoms with Gasteiger partial charge in [-0.1, -0.05) is 6.08 Å². The van der Waals surface area contributed by atoms with Crippen LogP contribution in [0.3, 0.4) is 0 Å². The highest BCUT2D eigenvalue weighted by molar-refractivity contribution is 5.74. The topological polar surface area (TPSA) is 60.0 Å². The zero-order valence-corrected chi connectivity index (χ0v) is 12.8. The molecule has 2 aliphatic rings. The fourth-order valence-corrected chi connectivity index (χ4v) is 2.93. The van der Waals surface area contributed by atoms with Gasteiger partial charge in [0.15, 0.2) is 0 Å². The first-order valence-corrected chi connectivity index (χ1v) is 7.62. The van der Waals surface area contributed by atoms with Crippen LogP contribution in [0.1, 0.15) is 19.8 Å². The van der Waals surface area contributed by atoms with Crippen molar-refractivity contribution < 1.29 is 19.0 Å². The predicted octanol–water partition coefficient (Wildman–Crippen LogP) is 1.17. The number of amides is 2. The Labute approximate surface area is 126 Å². The first-order chi connectivity index (χ1) is 10.2. The molecule has 2 rings (SSSR count). The largest absolute Gasteiger partial charge is 0.378 e. The van der Waals surface area contributed by atoms with E-state index in [4.69, 9.17) is 14.2 Å². The van der Waals surface area contributed by atoms with Crippen LogP contribution in [0.15, 0.2) is 12.7 Å². The zero-order valence-electron chi connectivity index (χ0n) is 12.8. The number of morpholine rings is 1. The van der Waals surface area contributed by atoms with Gasteiger partial charge in [-0.3, -0.25) is 0 Å². The molecule has 0 saturated carbocycles. The van der Waals surface area contributed by atoms with Crippen molar-refractivity contribution in [2.45, 2.75) is 31.5 Å². The Morgan fingerprint density at radius 1 is 1.62 bits per heavy atom. The van der Waals surface area contributed by atoms with Crippen molar-refractivity contribution in [1.82, 2.24) is 10.2 Å². The molecule has 2 aliphatic heterocycles. The third-order valence-corrected chi connectivity index (χ3v) is 3.74. The van der Waals surface area contributed by atoms with E-state index in [9.17, 15) is 4.79 Å². The SMILES string of the molecule is C=CCOCCNC(=O)N1C[C@@H](C)O[C@@]2(CCCOC2)C1. The molecule has 0 radical (unpaired) electrons. The molecule has 0 unspecified atom stereocenters. The molecular formula is C15H26N2O4. The summed E-state index contributed by atoms with van der Waals surface area (Å²) in [5.74, 6) is 0. The summed E-state index contributed by atoms with van der Waals surface area (Å²) in [6, 6.07) is -0.0581. The lowest BCUT2D eigenvalue weighted by Crippen LogP contribution is -2.61. The highest BCUT2D eigenvalue weighted by Gasteiger charge is 2.42. The lowest BCUT2D eigenvalue weighted by molar-refractivity contribution is -0.188. The van der Waals surface area contributed by atoms with E-state index in [1.54, 1.807) is 6.08 Å². The average Bonchev–Trinajstić information content (AvgIpc) is 2.46. The van der Waals surface area contributed by atoms with Crippen molar-refractivity contribution in [3.63, 3.8) is 0 Å². The molecule has 1 spiro atoms. The quantitative estimate of drug-likeness (QED) is 0.611. The molecule has 2 saturated heterocycles. The predicted molar refractivity (Wildman–Crippen MR) is 79.3 cm³/mol. The molecule has 2 heterocycles. The summed E-state index contributed by atoms with van der Waals surface area (Å²) in [7, 11) is 0. The molecular weight excluding hydrogens is 272 g/mol. The Bertz CT molecular complexity index is 356. The Morgan fingerprint density at radius 3 is 3.19 bits per heavy atom. The molecule has 0 aromatic carbocycles. The Hall–Kier alpha value is -1.11. The van der Waals surface area contributed by atoms with Gasteiger partial charge >= 0.3 is 6.03 Å². The lowest BCUT2D eigenvalue weighted by Gasteiger charge is -2.47. The fourth-order valence-electron chi connectivity index (χ4n) is 2.93. The molecule has 2 fully saturated rings. The van der Waals surface area contributed by atoms with Gasteiger partial charge in [-0.15, -0.1) is 6.58 Å². The number of nitrogens with one attached hydrogen (secondary N) is 1. The Kier molecular flexibility index (Phi) is 6.02. The van der Waals surface area contributed by atoms with Crippen molar-refractivity contribution in [3.05, 3.63) is 12.7 Å². The average molecular weight is 298 g/mol. The van der Waals surface area contributed by atoms with Gasteiger partial charge in [-0.05, 0) is 19.8 Å². The van der Waals surface area contributed by atoms with Gasteiger partial charge in [0.05, 0.1) is 32.5 Å². The van der Waals surface area contributed by atoms with Crippen LogP contribution in [0.25, 0.3) is 0 Å². The molecule has 0 aromatic rings. The molecule has 2 amide bonds. The summed E-state index contributed by atoms with van der Waals surface area (Å²) < 4.78 is 16.9. The second kappa shape index (κ2) is 7.77. The van der Waals surface area contributed by atoms with Gasteiger partial charge in [0.25, 0.3) is 0 Å². The standard InChI is InChI=1S/C15H26N2O4/c1-3-7-19-9-6-16-14(18)17-10-13(2)21-15(11-17)5-4-8-20-12-15/h3,13H,1,4-12H2,2H3,(H,16,18)/t13-,15+/m1/s1. The number of hydrogen-bond acceptors (Lipinski definition) is 4. The number of nitrogens with zero attached hydrogens (tertiary/aromatic N) is 1. The number of urea groups is 1. The summed E-state index contributed by atoms with van der Waals surface area (Å²) in [5.41, 5.74) is -0.327. The van der Waals surface area contributed by atoms with Crippen LogP contribution >= 0.6 is 0 Å². The summed E-state index contributed by atoms with van der Waals surface area (Å²) in [4.78, 5) is 14.1. The van der Waals surface area contributed by atoms with Crippen molar-refractivity contribution in [3.8, 4) is 0 Å². The summed E-state index contributed by atoms with van der Waals surface area (Å²) in [6.07, 6.45) is 3.66. The van der Waals surface area contributed by atoms with Gasteiger partial charge in [0, 0.05) is 19.7 Å². The molecule has 6 nitrogen and oxygen atoms in total. The number of rotatable bonds is 5. The first kappa shape index (κ1) is 16.3. The van der Waals surface area contributed by atoms with Gasteiger partial charge in [-0.2, -0.15) is 0 Å². The van der Waals surface area contributed by atoms with E-state index >= 15 is 0 Å². The Balaban J connectivity index is 1.80. The van der Waals surface area contributed by atoms with Crippen molar-refractivity contribution in [2.24, 2.45) is 0 Å². The van der Waals surface area contributed by atoms with E-state index in [-0.39, 0.29) is 17.7 Å². The van der Waals surface area contributed by atoms with Crippen LogP contribution in [0.5, 0.6) is 0 Å². The highest BCUT2D eigenvalue weighted by atomic mass is 16.6. The van der Waals surface area contributed by atoms with Crippen molar-refractivity contribution in [1.29, 1.82) is 0 Å². The van der Waals surface area contributed by atoms with Crippen LogP contribution < -0.4 is 5.32 Å². The molecule has 0 aliphatic carbocycles. The van der Waals surface area contributed by atoms with Gasteiger partial charge in [0.2, 0.25) is 0 Å². The Morgan fingerprint density at radius 2 is 2.48 bits per heavy atom. The van der Waals surface area contributed by atoms with Crippen LogP contribution in [0.4, 0.5) is 4.79 Å². The highest BCUT2D eigenvalue weighted by Crippen LogP contribution is 2.29. The van der Waals surface area contributed by atoms with Gasteiger partial charge < -0.3 is 24.4 Å². The van der Waals surface area contributed by atoms with E-state index in [2.05, 4.69) is 11.9 Å². The molecule has 120 valence electrons. The summed E-state index contributed by atoms with van der Waals surface area (Å²) >= 11 is 0. The summed E-state index contributed by atoms with van der Waals surface area (Å²) in [6.45, 7) is 9.64. The minimum Gasteiger partial charge on any atom is -0.378 e. The normalized spacial score (nSPS) is 29.4. The van der Waals surface area contributed by atoms with Crippen LogP contribution in [0, 0.1) is 0 Å². The van der Waals surface area contributed by atoms with Crippen LogP contribution in [-0.4, -0.2) is 68.7 Å². The van der Waals surface area contributed by atoms with E-state index in [0.29, 0.717) is 39.5 Å². The van der Waals surface area contributed by atoms with Crippen LogP contribution in [-0.2, 0) is 14.2 Å². The zero-order chi connectivity index (χ0) is 15.1. The number of carbonyl (C=O) groups excluding carboxylic acids is 1. The number of ether oxygens (including phenoxy) is 3. The van der Waals surface area contributed by atoms with Crippen LogP contribution in [0.2, 0.25) is 0 Å². The number of carbonyl (C=O) groups is 1. The molecule has 21 heavy (non-hydrogen) atoms. The van der Waals surface area contributed by atoms with E-state index in [1.165, 1.54) is 0 Å². The summed E-state index contributed by atoms with van der Waals surface area (Å²) in [5, 5.41) is 2.89. The maximum absolute atomic E-state index is 12.2. The van der Waals surface area contributed by atoms with Gasteiger partial charge in [-0.25, -0.2) is 4.79 Å². The second-order valence-corrected chi connectivity index (χ2v) is 5.74.